The van der Waals surface area contributed by atoms with Gasteiger partial charge in [0.25, 0.3) is 11.8 Å². The van der Waals surface area contributed by atoms with Crippen LogP contribution in [-0.2, 0) is 4.74 Å². The molecule has 3 rings (SSSR count). The van der Waals surface area contributed by atoms with E-state index < -0.39 is 5.79 Å². The van der Waals surface area contributed by atoms with Gasteiger partial charge in [0.1, 0.15) is 5.82 Å². The number of nitrogens with one attached hydrogen (secondary N) is 2. The molecule has 8 heteroatoms. The number of ether oxygens (including phenoxy) is 1. The summed E-state index contributed by atoms with van der Waals surface area (Å²) in [4.78, 5) is 24.1. The molecule has 1 aliphatic heterocycles. The number of rotatable bonds is 6. The summed E-state index contributed by atoms with van der Waals surface area (Å²) in [6, 6.07) is 14.5. The molecule has 2 aromatic carbocycles. The molecule has 0 spiro atoms. The predicted octanol–water partition coefficient (Wildman–Crippen LogP) is 2.59. The van der Waals surface area contributed by atoms with Crippen LogP contribution in [0, 0.1) is 11.7 Å². The smallest absolute Gasteiger partial charge is 0.251 e. The van der Waals surface area contributed by atoms with E-state index in [2.05, 4.69) is 10.6 Å². The number of amides is 2. The van der Waals surface area contributed by atoms with Crippen molar-refractivity contribution in [3.05, 3.63) is 71.5 Å². The molecular formula is C23H33FN2O5. The van der Waals surface area contributed by atoms with Crippen LogP contribution in [0.3, 0.4) is 0 Å². The average molecular weight is 437 g/mol. The zero-order valence-electron chi connectivity index (χ0n) is 17.7. The van der Waals surface area contributed by atoms with Crippen molar-refractivity contribution in [3.8, 4) is 0 Å². The maximum atomic E-state index is 12.9. The third kappa shape index (κ3) is 9.69. The minimum absolute atomic E-state index is 0. The number of carbonyl (C=O) groups excluding carboxylic acids is 2. The van der Waals surface area contributed by atoms with E-state index >= 15 is 0 Å². The molecule has 31 heavy (non-hydrogen) atoms. The predicted molar refractivity (Wildman–Crippen MR) is 118 cm³/mol. The minimum atomic E-state index is -1.50. The summed E-state index contributed by atoms with van der Waals surface area (Å²) in [6.45, 7) is 4.07. The lowest BCUT2D eigenvalue weighted by molar-refractivity contribution is -0.127. The standard InChI is InChI=1S/C20H21FN2O3.C3H8O2.2H2/c21-17-8-6-16(7-9-17)20(25)23-12-18-10-14(13-26-18)11-22-19(24)15-4-2-1-3-5-15;1-3(2,4)5;;/h1-9,14,18H,10-13H2,(H,22,24)(H,23,25);4-5H,1-2H3;2*1H/t14-,18+;;;/m1.../s1. The fourth-order valence-corrected chi connectivity index (χ4v) is 2.90. The molecule has 1 saturated heterocycles. The molecule has 172 valence electrons. The van der Waals surface area contributed by atoms with Gasteiger partial charge in [-0.25, -0.2) is 4.39 Å². The Morgan fingerprint density at radius 3 is 2.10 bits per heavy atom. The van der Waals surface area contributed by atoms with Crippen LogP contribution >= 0.6 is 0 Å². The fraction of sp³-hybridized carbons (Fsp3) is 0.391. The molecule has 2 amide bonds. The number of hydrogen-bond donors (Lipinski definition) is 4. The Morgan fingerprint density at radius 1 is 1.00 bits per heavy atom. The van der Waals surface area contributed by atoms with E-state index in [1.165, 1.54) is 38.1 Å². The molecule has 0 bridgehead atoms. The third-order valence-electron chi connectivity index (χ3n) is 4.35. The van der Waals surface area contributed by atoms with Crippen molar-refractivity contribution in [1.29, 1.82) is 0 Å². The maximum absolute atomic E-state index is 12.9. The highest BCUT2D eigenvalue weighted by molar-refractivity contribution is 5.94. The molecule has 0 saturated carbocycles. The average Bonchev–Trinajstić information content (AvgIpc) is 3.18. The van der Waals surface area contributed by atoms with Gasteiger partial charge in [-0.1, -0.05) is 18.2 Å². The van der Waals surface area contributed by atoms with Crippen LogP contribution in [0.2, 0.25) is 0 Å². The van der Waals surface area contributed by atoms with Gasteiger partial charge in [0.15, 0.2) is 5.79 Å². The SMILES string of the molecule is CC(C)(O)O.O=C(NC[C@@H]1CO[C@H](CNC(=O)c2ccc(F)cc2)C1)c1ccccc1.[HH].[HH]. The molecule has 0 aromatic heterocycles. The van der Waals surface area contributed by atoms with Gasteiger partial charge in [-0.05, 0) is 56.7 Å². The first-order valence-corrected chi connectivity index (χ1v) is 10.0. The van der Waals surface area contributed by atoms with Crippen LogP contribution in [0.15, 0.2) is 54.6 Å². The van der Waals surface area contributed by atoms with Crippen LogP contribution < -0.4 is 10.6 Å². The maximum Gasteiger partial charge on any atom is 0.251 e. The molecule has 1 aliphatic rings. The normalized spacial score (nSPS) is 18.0. The second kappa shape index (κ2) is 11.5. The molecule has 4 N–H and O–H groups in total. The summed E-state index contributed by atoms with van der Waals surface area (Å²) in [6.07, 6.45) is 0.678. The number of hydrogen-bond acceptors (Lipinski definition) is 5. The lowest BCUT2D eigenvalue weighted by Crippen LogP contribution is -2.32. The van der Waals surface area contributed by atoms with Crippen molar-refractivity contribution >= 4 is 11.8 Å². The zero-order chi connectivity index (χ0) is 22.9. The Bertz CT molecular complexity index is 842. The second-order valence-corrected chi connectivity index (χ2v) is 7.84. The van der Waals surface area contributed by atoms with E-state index in [9.17, 15) is 14.0 Å². The van der Waals surface area contributed by atoms with Gasteiger partial charge in [0.05, 0.1) is 12.7 Å². The fourth-order valence-electron chi connectivity index (χ4n) is 2.90. The van der Waals surface area contributed by atoms with E-state index in [4.69, 9.17) is 14.9 Å². The Kier molecular flexibility index (Phi) is 9.11. The van der Waals surface area contributed by atoms with Crippen LogP contribution in [0.5, 0.6) is 0 Å². The highest BCUT2D eigenvalue weighted by atomic mass is 19.1. The lowest BCUT2D eigenvalue weighted by Gasteiger charge is -2.12. The van der Waals surface area contributed by atoms with Crippen LogP contribution in [0.4, 0.5) is 4.39 Å². The van der Waals surface area contributed by atoms with Crippen molar-refractivity contribution in [2.75, 3.05) is 19.7 Å². The van der Waals surface area contributed by atoms with Gasteiger partial charge in [0, 0.05) is 33.0 Å². The van der Waals surface area contributed by atoms with E-state index in [0.29, 0.717) is 30.8 Å². The van der Waals surface area contributed by atoms with Crippen molar-refractivity contribution in [2.24, 2.45) is 5.92 Å². The van der Waals surface area contributed by atoms with Crippen LogP contribution in [0.1, 0.15) is 43.8 Å². The van der Waals surface area contributed by atoms with Gasteiger partial charge in [-0.15, -0.1) is 0 Å². The molecule has 7 nitrogen and oxygen atoms in total. The van der Waals surface area contributed by atoms with Gasteiger partial charge in [-0.3, -0.25) is 9.59 Å². The number of aliphatic hydroxyl groups is 2. The van der Waals surface area contributed by atoms with Crippen molar-refractivity contribution in [3.63, 3.8) is 0 Å². The first kappa shape index (κ1) is 24.5. The van der Waals surface area contributed by atoms with E-state index in [0.717, 1.165) is 6.42 Å². The quantitative estimate of drug-likeness (QED) is 0.521. The van der Waals surface area contributed by atoms with Crippen LogP contribution in [0.25, 0.3) is 0 Å². The Balaban J connectivity index is 0.00000133. The monoisotopic (exact) mass is 436 g/mol. The molecular weight excluding hydrogens is 403 g/mol. The lowest BCUT2D eigenvalue weighted by atomic mass is 10.1. The summed E-state index contributed by atoms with van der Waals surface area (Å²) < 4.78 is 18.6. The van der Waals surface area contributed by atoms with Gasteiger partial charge in [-0.2, -0.15) is 0 Å². The minimum Gasteiger partial charge on any atom is -0.376 e. The Labute approximate surface area is 184 Å². The summed E-state index contributed by atoms with van der Waals surface area (Å²) in [5.41, 5.74) is 1.05. The van der Waals surface area contributed by atoms with Gasteiger partial charge in [0.2, 0.25) is 0 Å². The Morgan fingerprint density at radius 2 is 1.52 bits per heavy atom. The summed E-state index contributed by atoms with van der Waals surface area (Å²) in [5, 5.41) is 21.9. The van der Waals surface area contributed by atoms with E-state index in [1.807, 2.05) is 18.2 Å². The largest absolute Gasteiger partial charge is 0.376 e. The number of benzene rings is 2. The van der Waals surface area contributed by atoms with E-state index in [-0.39, 0.29) is 32.5 Å². The topological polar surface area (TPSA) is 108 Å². The van der Waals surface area contributed by atoms with Gasteiger partial charge >= 0.3 is 0 Å². The molecule has 0 aliphatic carbocycles. The molecule has 1 fully saturated rings. The van der Waals surface area contributed by atoms with Crippen LogP contribution in [-0.4, -0.2) is 53.6 Å². The highest BCUT2D eigenvalue weighted by Gasteiger charge is 2.26. The summed E-state index contributed by atoms with van der Waals surface area (Å²) in [5.74, 6) is -2.01. The van der Waals surface area contributed by atoms with E-state index in [1.54, 1.807) is 12.1 Å². The highest BCUT2D eigenvalue weighted by Crippen LogP contribution is 2.18. The molecule has 1 heterocycles. The number of carbonyl (C=O) groups is 2. The summed E-state index contributed by atoms with van der Waals surface area (Å²) >= 11 is 0. The molecule has 2 aromatic rings. The number of halogens is 1. The second-order valence-electron chi connectivity index (χ2n) is 7.84. The molecule has 0 radical (unpaired) electrons. The third-order valence-corrected chi connectivity index (χ3v) is 4.35. The first-order chi connectivity index (χ1) is 14.6. The molecule has 2 atom stereocenters. The summed E-state index contributed by atoms with van der Waals surface area (Å²) in [7, 11) is 0. The molecule has 0 unspecified atom stereocenters. The van der Waals surface area contributed by atoms with Crippen molar-refractivity contribution in [2.45, 2.75) is 32.2 Å². The van der Waals surface area contributed by atoms with Gasteiger partial charge < -0.3 is 25.6 Å². The first-order valence-electron chi connectivity index (χ1n) is 10.0. The van der Waals surface area contributed by atoms with Crippen molar-refractivity contribution in [1.82, 2.24) is 10.6 Å². The Hall–Kier alpha value is -2.81. The van der Waals surface area contributed by atoms with Crippen molar-refractivity contribution < 1.29 is 31.8 Å². The zero-order valence-corrected chi connectivity index (χ0v) is 17.7.